The number of fused-ring (bicyclic) bond motifs is 2. The largest absolute Gasteiger partial charge is 0.449 e. The highest BCUT2D eigenvalue weighted by molar-refractivity contribution is 6.06. The predicted octanol–water partition coefficient (Wildman–Crippen LogP) is 1.52. The lowest BCUT2D eigenvalue weighted by Gasteiger charge is -2.38. The van der Waals surface area contributed by atoms with E-state index in [1.165, 1.54) is 0 Å². The van der Waals surface area contributed by atoms with Crippen molar-refractivity contribution in [3.63, 3.8) is 0 Å². The minimum atomic E-state index is -0.523. The second-order valence-electron chi connectivity index (χ2n) is 7.26. The zero-order chi connectivity index (χ0) is 18.9. The number of benzene rings is 1. The van der Waals surface area contributed by atoms with Gasteiger partial charge in [-0.1, -0.05) is 18.2 Å². The van der Waals surface area contributed by atoms with Crippen molar-refractivity contribution in [2.24, 2.45) is 0 Å². The summed E-state index contributed by atoms with van der Waals surface area (Å²) < 4.78 is 4.98. The number of ether oxygens (including phenoxy) is 1. The number of likely N-dealkylation sites (tertiary alicyclic amines) is 1. The van der Waals surface area contributed by atoms with Crippen molar-refractivity contribution in [2.75, 3.05) is 44.6 Å². The molecule has 0 saturated carbocycles. The highest BCUT2D eigenvalue weighted by atomic mass is 16.6. The molecule has 8 heteroatoms. The first-order chi connectivity index (χ1) is 13.1. The lowest BCUT2D eigenvalue weighted by Crippen LogP contribution is -2.52. The number of anilines is 1. The number of carbonyl (C=O) groups is 3. The summed E-state index contributed by atoms with van der Waals surface area (Å²) in [4.78, 5) is 40.0. The molecule has 3 heterocycles. The van der Waals surface area contributed by atoms with Crippen LogP contribution < -0.4 is 10.6 Å². The Bertz CT molecular complexity index is 758. The maximum Gasteiger partial charge on any atom is 0.409 e. The molecule has 144 valence electrons. The van der Waals surface area contributed by atoms with Crippen molar-refractivity contribution in [2.45, 2.75) is 24.7 Å². The van der Waals surface area contributed by atoms with Crippen molar-refractivity contribution in [3.05, 3.63) is 29.8 Å². The summed E-state index contributed by atoms with van der Waals surface area (Å²) in [5, 5.41) is 5.84. The van der Waals surface area contributed by atoms with Crippen molar-refractivity contribution in [1.29, 1.82) is 0 Å². The van der Waals surface area contributed by atoms with E-state index in [9.17, 15) is 14.4 Å². The van der Waals surface area contributed by atoms with Crippen LogP contribution in [0.4, 0.5) is 15.3 Å². The van der Waals surface area contributed by atoms with E-state index in [0.29, 0.717) is 52.2 Å². The standard InChI is InChI=1S/C19H24N4O4/c24-16-19(14-4-1-2-5-15(14)21-16)6-10-22(11-7-19)17(25)20-8-12-23-9-3-13-27-18(23)26/h1-2,4-5H,3,6-13H2,(H,20,25)(H,21,24). The van der Waals surface area contributed by atoms with Crippen molar-refractivity contribution in [3.8, 4) is 0 Å². The summed E-state index contributed by atoms with van der Waals surface area (Å²) in [5.74, 6) is 0.0346. The molecule has 4 rings (SSSR count). The molecule has 2 saturated heterocycles. The average Bonchev–Trinajstić information content (AvgIpc) is 2.95. The van der Waals surface area contributed by atoms with Crippen molar-refractivity contribution >= 4 is 23.7 Å². The highest BCUT2D eigenvalue weighted by Gasteiger charge is 2.48. The number of rotatable bonds is 3. The zero-order valence-electron chi connectivity index (χ0n) is 15.2. The minimum Gasteiger partial charge on any atom is -0.449 e. The third-order valence-corrected chi connectivity index (χ3v) is 5.74. The van der Waals surface area contributed by atoms with Crippen LogP contribution in [-0.4, -0.2) is 67.2 Å². The molecular formula is C19H24N4O4. The van der Waals surface area contributed by atoms with Crippen LogP contribution in [0, 0.1) is 0 Å². The van der Waals surface area contributed by atoms with E-state index in [4.69, 9.17) is 4.74 Å². The zero-order valence-corrected chi connectivity index (χ0v) is 15.2. The number of para-hydroxylation sites is 1. The molecule has 27 heavy (non-hydrogen) atoms. The fourth-order valence-electron chi connectivity index (χ4n) is 4.17. The first-order valence-electron chi connectivity index (χ1n) is 9.46. The van der Waals surface area contributed by atoms with E-state index >= 15 is 0 Å². The third-order valence-electron chi connectivity index (χ3n) is 5.74. The molecule has 0 bridgehead atoms. The summed E-state index contributed by atoms with van der Waals surface area (Å²) in [5.41, 5.74) is 1.40. The van der Waals surface area contributed by atoms with E-state index in [2.05, 4.69) is 10.6 Å². The quantitative estimate of drug-likeness (QED) is 0.842. The van der Waals surface area contributed by atoms with E-state index in [1.54, 1.807) is 9.80 Å². The van der Waals surface area contributed by atoms with Crippen LogP contribution in [0.25, 0.3) is 0 Å². The van der Waals surface area contributed by atoms with E-state index in [1.807, 2.05) is 24.3 Å². The van der Waals surface area contributed by atoms with E-state index in [-0.39, 0.29) is 18.0 Å². The molecule has 0 radical (unpaired) electrons. The van der Waals surface area contributed by atoms with Crippen LogP contribution in [0.2, 0.25) is 0 Å². The van der Waals surface area contributed by atoms with Gasteiger partial charge in [-0.3, -0.25) is 4.79 Å². The fourth-order valence-corrected chi connectivity index (χ4v) is 4.17. The van der Waals surface area contributed by atoms with Gasteiger partial charge in [0.1, 0.15) is 0 Å². The van der Waals surface area contributed by atoms with Gasteiger partial charge in [-0.25, -0.2) is 9.59 Å². The highest BCUT2D eigenvalue weighted by Crippen LogP contribution is 2.44. The van der Waals surface area contributed by atoms with Crippen LogP contribution in [0.15, 0.2) is 24.3 Å². The van der Waals surface area contributed by atoms with E-state index in [0.717, 1.165) is 17.7 Å². The molecule has 1 aromatic rings. The maximum atomic E-state index is 12.6. The van der Waals surface area contributed by atoms with Crippen LogP contribution in [0.3, 0.4) is 0 Å². The summed E-state index contributed by atoms with van der Waals surface area (Å²) >= 11 is 0. The second kappa shape index (κ2) is 7.09. The van der Waals surface area contributed by atoms with Gasteiger partial charge in [-0.05, 0) is 30.9 Å². The van der Waals surface area contributed by atoms with Crippen molar-refractivity contribution < 1.29 is 19.1 Å². The lowest BCUT2D eigenvalue weighted by molar-refractivity contribution is -0.122. The number of piperidine rings is 1. The summed E-state index contributed by atoms with van der Waals surface area (Å²) in [7, 11) is 0. The van der Waals surface area contributed by atoms with Gasteiger partial charge in [0.2, 0.25) is 5.91 Å². The molecule has 1 spiro atoms. The molecule has 1 aromatic carbocycles. The summed E-state index contributed by atoms with van der Waals surface area (Å²) in [6, 6.07) is 7.64. The Hall–Kier alpha value is -2.77. The number of amides is 4. The number of urea groups is 1. The second-order valence-corrected chi connectivity index (χ2v) is 7.26. The Morgan fingerprint density at radius 1 is 1.19 bits per heavy atom. The Labute approximate surface area is 157 Å². The molecule has 0 atom stereocenters. The molecule has 2 N–H and O–H groups in total. The van der Waals surface area contributed by atoms with Gasteiger partial charge in [0.15, 0.2) is 0 Å². The molecule has 8 nitrogen and oxygen atoms in total. The number of cyclic esters (lactones) is 1. The number of nitrogens with zero attached hydrogens (tertiary/aromatic N) is 2. The molecule has 4 amide bonds. The third kappa shape index (κ3) is 3.20. The molecule has 3 aliphatic rings. The monoisotopic (exact) mass is 372 g/mol. The number of nitrogens with one attached hydrogen (secondary N) is 2. The maximum absolute atomic E-state index is 12.6. The van der Waals surface area contributed by atoms with Gasteiger partial charge in [-0.2, -0.15) is 0 Å². The fraction of sp³-hybridized carbons (Fsp3) is 0.526. The normalized spacial score (nSPS) is 20.9. The molecule has 0 aromatic heterocycles. The molecule has 0 aliphatic carbocycles. The summed E-state index contributed by atoms with van der Waals surface area (Å²) in [6.45, 7) is 3.01. The Balaban J connectivity index is 1.30. The SMILES string of the molecule is O=C(NCCN1CCCOC1=O)N1CCC2(CC1)C(=O)Nc1ccccc12. The first-order valence-corrected chi connectivity index (χ1v) is 9.46. The lowest BCUT2D eigenvalue weighted by atomic mass is 9.74. The molecule has 2 fully saturated rings. The van der Waals surface area contributed by atoms with Gasteiger partial charge in [-0.15, -0.1) is 0 Å². The predicted molar refractivity (Wildman–Crippen MR) is 98.5 cm³/mol. The van der Waals surface area contributed by atoms with Crippen LogP contribution in [0.1, 0.15) is 24.8 Å². The van der Waals surface area contributed by atoms with Gasteiger partial charge >= 0.3 is 12.1 Å². The van der Waals surface area contributed by atoms with E-state index < -0.39 is 5.41 Å². The Morgan fingerprint density at radius 2 is 1.96 bits per heavy atom. The number of hydrogen-bond donors (Lipinski definition) is 2. The van der Waals surface area contributed by atoms with Crippen molar-refractivity contribution in [1.82, 2.24) is 15.1 Å². The smallest absolute Gasteiger partial charge is 0.409 e. The number of carbonyl (C=O) groups excluding carboxylic acids is 3. The molecule has 0 unspecified atom stereocenters. The van der Waals surface area contributed by atoms with Crippen LogP contribution >= 0.6 is 0 Å². The van der Waals surface area contributed by atoms with Gasteiger partial charge < -0.3 is 25.2 Å². The first kappa shape index (κ1) is 17.6. The Kier molecular flexibility index (Phi) is 4.63. The summed E-state index contributed by atoms with van der Waals surface area (Å²) in [6.07, 6.45) is 1.72. The molecular weight excluding hydrogens is 348 g/mol. The van der Waals surface area contributed by atoms with Gasteiger partial charge in [0, 0.05) is 38.4 Å². The average molecular weight is 372 g/mol. The number of hydrogen-bond acceptors (Lipinski definition) is 4. The topological polar surface area (TPSA) is 91.0 Å². The van der Waals surface area contributed by atoms with Gasteiger partial charge in [0.05, 0.1) is 12.0 Å². The van der Waals surface area contributed by atoms with Crippen LogP contribution in [0.5, 0.6) is 0 Å². The molecule has 3 aliphatic heterocycles. The minimum absolute atomic E-state index is 0.0346. The Morgan fingerprint density at radius 3 is 2.74 bits per heavy atom. The van der Waals surface area contributed by atoms with Gasteiger partial charge in [0.25, 0.3) is 0 Å². The van der Waals surface area contributed by atoms with Crippen LogP contribution in [-0.2, 0) is 14.9 Å².